The third-order valence-electron chi connectivity index (χ3n) is 2.84. The number of aromatic nitrogens is 3. The van der Waals surface area contributed by atoms with Crippen molar-refractivity contribution in [2.45, 2.75) is 6.92 Å². The lowest BCUT2D eigenvalue weighted by atomic mass is 10.3. The summed E-state index contributed by atoms with van der Waals surface area (Å²) in [5.41, 5.74) is 6.06. The highest BCUT2D eigenvalue weighted by Crippen LogP contribution is 2.21. The Morgan fingerprint density at radius 3 is 3.05 bits per heavy atom. The molecule has 3 aromatic rings. The second-order valence-corrected chi connectivity index (χ2v) is 4.19. The number of imidazole rings is 1. The van der Waals surface area contributed by atoms with Crippen LogP contribution in [0.1, 0.15) is 6.92 Å². The number of nitrogens with one attached hydrogen (secondary N) is 2. The lowest BCUT2D eigenvalue weighted by Crippen LogP contribution is -2.16. The third kappa shape index (κ3) is 1.98. The van der Waals surface area contributed by atoms with Crippen molar-refractivity contribution >= 4 is 22.5 Å². The summed E-state index contributed by atoms with van der Waals surface area (Å²) in [7, 11) is 0. The van der Waals surface area contributed by atoms with Gasteiger partial charge in [-0.1, -0.05) is 12.1 Å². The molecule has 6 nitrogen and oxygen atoms in total. The van der Waals surface area contributed by atoms with Crippen LogP contribution in [0, 0.1) is 0 Å². The monoisotopic (exact) mass is 254 g/mol. The summed E-state index contributed by atoms with van der Waals surface area (Å²) >= 11 is 0. The molecule has 0 aliphatic heterocycles. The molecule has 1 aromatic carbocycles. The van der Waals surface area contributed by atoms with Crippen molar-refractivity contribution in [3.8, 4) is 0 Å². The molecule has 2 aromatic heterocycles. The van der Waals surface area contributed by atoms with E-state index in [9.17, 15) is 0 Å². The molecule has 0 spiro atoms. The van der Waals surface area contributed by atoms with Gasteiger partial charge < -0.3 is 10.7 Å². The normalized spacial score (nSPS) is 12.0. The van der Waals surface area contributed by atoms with E-state index in [4.69, 9.17) is 5.84 Å². The van der Waals surface area contributed by atoms with Crippen LogP contribution in [-0.4, -0.2) is 14.4 Å². The van der Waals surface area contributed by atoms with Gasteiger partial charge in [0.1, 0.15) is 0 Å². The second-order valence-electron chi connectivity index (χ2n) is 4.19. The maximum absolute atomic E-state index is 5.26. The SMILES string of the molecule is C/C(=C\NN)Nc1nc2ccccc2n2ccnc12. The standard InChI is InChI=1S/C13H14N6/c1-9(8-16-14)17-12-13-15-6-7-19(13)11-5-3-2-4-10(11)18-12/h2-8,16H,14H2,1H3,(H,17,18)/b9-8+. The number of fused-ring (bicyclic) bond motifs is 3. The molecule has 4 N–H and O–H groups in total. The van der Waals surface area contributed by atoms with E-state index >= 15 is 0 Å². The van der Waals surface area contributed by atoms with E-state index in [2.05, 4.69) is 20.7 Å². The van der Waals surface area contributed by atoms with Gasteiger partial charge in [-0.3, -0.25) is 10.2 Å². The van der Waals surface area contributed by atoms with Gasteiger partial charge in [0.15, 0.2) is 11.5 Å². The van der Waals surface area contributed by atoms with Crippen molar-refractivity contribution in [3.05, 3.63) is 48.6 Å². The predicted octanol–water partition coefficient (Wildman–Crippen LogP) is 1.62. The molecule has 3 rings (SSSR count). The van der Waals surface area contributed by atoms with Gasteiger partial charge in [-0.2, -0.15) is 0 Å². The number of nitrogens with zero attached hydrogens (tertiary/aromatic N) is 3. The Kier molecular flexibility index (Phi) is 2.77. The molecule has 0 aliphatic carbocycles. The minimum atomic E-state index is 0.702. The quantitative estimate of drug-likeness (QED) is 0.489. The number of hydrazine groups is 1. The molecule has 6 heteroatoms. The number of allylic oxidation sites excluding steroid dienone is 1. The van der Waals surface area contributed by atoms with Gasteiger partial charge >= 0.3 is 0 Å². The summed E-state index contributed by atoms with van der Waals surface area (Å²) in [5, 5.41) is 3.19. The molecule has 0 unspecified atom stereocenters. The average molecular weight is 254 g/mol. The molecule has 19 heavy (non-hydrogen) atoms. The third-order valence-corrected chi connectivity index (χ3v) is 2.84. The molecule has 0 fully saturated rings. The maximum atomic E-state index is 5.26. The fraction of sp³-hybridized carbons (Fsp3) is 0.0769. The van der Waals surface area contributed by atoms with E-state index in [1.165, 1.54) is 0 Å². The smallest absolute Gasteiger partial charge is 0.180 e. The molecule has 2 heterocycles. The molecular formula is C13H14N6. The maximum Gasteiger partial charge on any atom is 0.180 e. The predicted molar refractivity (Wildman–Crippen MR) is 75.2 cm³/mol. The zero-order chi connectivity index (χ0) is 13.2. The van der Waals surface area contributed by atoms with Crippen LogP contribution in [0.2, 0.25) is 0 Å². The molecule has 96 valence electrons. The lowest BCUT2D eigenvalue weighted by molar-refractivity contribution is 0.951. The molecular weight excluding hydrogens is 240 g/mol. The molecule has 0 saturated carbocycles. The fourth-order valence-corrected chi connectivity index (χ4v) is 2.04. The van der Waals surface area contributed by atoms with Gasteiger partial charge in [-0.15, -0.1) is 0 Å². The number of hydrogen-bond donors (Lipinski definition) is 3. The van der Waals surface area contributed by atoms with Crippen molar-refractivity contribution in [2.75, 3.05) is 5.32 Å². The summed E-state index contributed by atoms with van der Waals surface area (Å²) in [6.45, 7) is 1.90. The van der Waals surface area contributed by atoms with E-state index < -0.39 is 0 Å². The highest BCUT2D eigenvalue weighted by atomic mass is 15.2. The Bertz CT molecular complexity index is 758. The topological polar surface area (TPSA) is 80.3 Å². The Hall–Kier alpha value is -2.60. The van der Waals surface area contributed by atoms with Crippen molar-refractivity contribution in [2.24, 2.45) is 5.84 Å². The van der Waals surface area contributed by atoms with Gasteiger partial charge in [0.2, 0.25) is 0 Å². The zero-order valence-corrected chi connectivity index (χ0v) is 10.5. The number of para-hydroxylation sites is 2. The van der Waals surface area contributed by atoms with Crippen LogP contribution in [0.3, 0.4) is 0 Å². The van der Waals surface area contributed by atoms with Gasteiger partial charge in [-0.05, 0) is 19.1 Å². The number of nitrogens with two attached hydrogens (primary N) is 1. The number of benzene rings is 1. The first kappa shape index (κ1) is 11.5. The summed E-state index contributed by atoms with van der Waals surface area (Å²) in [4.78, 5) is 8.93. The summed E-state index contributed by atoms with van der Waals surface area (Å²) in [6.07, 6.45) is 5.34. The number of rotatable bonds is 3. The van der Waals surface area contributed by atoms with Gasteiger partial charge in [0.25, 0.3) is 0 Å². The Morgan fingerprint density at radius 2 is 2.21 bits per heavy atom. The summed E-state index contributed by atoms with van der Waals surface area (Å²) < 4.78 is 2.01. The van der Waals surface area contributed by atoms with Crippen molar-refractivity contribution in [3.63, 3.8) is 0 Å². The summed E-state index contributed by atoms with van der Waals surface area (Å²) in [6, 6.07) is 7.94. The minimum Gasteiger partial charge on any atom is -0.340 e. The first-order valence-corrected chi connectivity index (χ1v) is 5.91. The van der Waals surface area contributed by atoms with Gasteiger partial charge in [-0.25, -0.2) is 9.97 Å². The Balaban J connectivity index is 2.22. The molecule has 0 atom stereocenters. The number of hydrogen-bond acceptors (Lipinski definition) is 5. The highest BCUT2D eigenvalue weighted by Gasteiger charge is 2.08. The molecule has 0 radical (unpaired) electrons. The van der Waals surface area contributed by atoms with Crippen molar-refractivity contribution < 1.29 is 0 Å². The van der Waals surface area contributed by atoms with Crippen LogP contribution in [0.25, 0.3) is 16.7 Å². The average Bonchev–Trinajstić information content (AvgIpc) is 2.89. The first-order chi connectivity index (χ1) is 9.29. The fourth-order valence-electron chi connectivity index (χ4n) is 2.04. The molecule has 0 amide bonds. The van der Waals surface area contributed by atoms with Crippen LogP contribution in [-0.2, 0) is 0 Å². The van der Waals surface area contributed by atoms with Crippen molar-refractivity contribution in [1.29, 1.82) is 0 Å². The second kappa shape index (κ2) is 4.58. The van der Waals surface area contributed by atoms with E-state index in [1.54, 1.807) is 12.4 Å². The largest absolute Gasteiger partial charge is 0.340 e. The van der Waals surface area contributed by atoms with E-state index in [0.29, 0.717) is 5.82 Å². The lowest BCUT2D eigenvalue weighted by Gasteiger charge is -2.09. The zero-order valence-electron chi connectivity index (χ0n) is 10.5. The van der Waals surface area contributed by atoms with Crippen molar-refractivity contribution in [1.82, 2.24) is 19.8 Å². The van der Waals surface area contributed by atoms with Crippen LogP contribution >= 0.6 is 0 Å². The van der Waals surface area contributed by atoms with Crippen LogP contribution in [0.4, 0.5) is 5.82 Å². The number of anilines is 1. The first-order valence-electron chi connectivity index (χ1n) is 5.91. The Labute approximate surface area is 109 Å². The van der Waals surface area contributed by atoms with E-state index in [0.717, 1.165) is 22.4 Å². The Morgan fingerprint density at radius 1 is 1.37 bits per heavy atom. The molecule has 0 saturated heterocycles. The highest BCUT2D eigenvalue weighted by molar-refractivity contribution is 5.83. The van der Waals surface area contributed by atoms with E-state index in [-0.39, 0.29) is 0 Å². The van der Waals surface area contributed by atoms with Gasteiger partial charge in [0.05, 0.1) is 11.0 Å². The minimum absolute atomic E-state index is 0.702. The van der Waals surface area contributed by atoms with Crippen LogP contribution in [0.15, 0.2) is 48.6 Å². The summed E-state index contributed by atoms with van der Waals surface area (Å²) in [5.74, 6) is 5.96. The molecule has 0 bridgehead atoms. The molecule has 0 aliphatic rings. The van der Waals surface area contributed by atoms with Gasteiger partial charge in [0, 0.05) is 24.3 Å². The van der Waals surface area contributed by atoms with Crippen LogP contribution in [0.5, 0.6) is 0 Å². The van der Waals surface area contributed by atoms with Crippen LogP contribution < -0.4 is 16.6 Å². The van der Waals surface area contributed by atoms with E-state index in [1.807, 2.05) is 41.8 Å².